The Labute approximate surface area is 126 Å². The third-order valence-electron chi connectivity index (χ3n) is 3.99. The summed E-state index contributed by atoms with van der Waals surface area (Å²) in [6.45, 7) is 3.64. The molecule has 0 aromatic heterocycles. The summed E-state index contributed by atoms with van der Waals surface area (Å²) in [5, 5.41) is 6.17. The average molecular weight is 310 g/mol. The highest BCUT2D eigenvalue weighted by Crippen LogP contribution is 2.32. The Morgan fingerprint density at radius 2 is 2.00 bits per heavy atom. The van der Waals surface area contributed by atoms with Crippen LogP contribution < -0.4 is 10.6 Å². The highest BCUT2D eigenvalue weighted by atomic mass is 32.2. The van der Waals surface area contributed by atoms with Crippen LogP contribution in [0, 0.1) is 5.41 Å². The van der Waals surface area contributed by atoms with Crippen molar-refractivity contribution in [3.05, 3.63) is 24.3 Å². The van der Waals surface area contributed by atoms with Crippen LogP contribution in [0.4, 0.5) is 5.69 Å². The van der Waals surface area contributed by atoms with Gasteiger partial charge in [0, 0.05) is 18.5 Å². The monoisotopic (exact) mass is 310 g/mol. The van der Waals surface area contributed by atoms with Gasteiger partial charge in [0.2, 0.25) is 5.91 Å². The largest absolute Gasteiger partial charge is 0.326 e. The molecule has 0 aliphatic carbocycles. The third kappa shape index (κ3) is 3.63. The fraction of sp³-hybridized carbons (Fsp3) is 0.533. The number of rotatable bonds is 5. The van der Waals surface area contributed by atoms with Crippen molar-refractivity contribution < 1.29 is 13.2 Å². The number of nitrogens with one attached hydrogen (secondary N) is 2. The van der Waals surface area contributed by atoms with Gasteiger partial charge in [-0.15, -0.1) is 0 Å². The van der Waals surface area contributed by atoms with E-state index in [1.54, 1.807) is 12.1 Å². The molecule has 6 heteroatoms. The number of anilines is 1. The normalized spacial score (nSPS) is 22.2. The summed E-state index contributed by atoms with van der Waals surface area (Å²) in [6, 6.07) is 6.31. The molecule has 0 bridgehead atoms. The van der Waals surface area contributed by atoms with Crippen LogP contribution in [-0.2, 0) is 14.6 Å². The molecule has 2 rings (SSSR count). The first-order valence-corrected chi connectivity index (χ1v) is 9.09. The Bertz CT molecular complexity index is 602. The van der Waals surface area contributed by atoms with Crippen LogP contribution in [0.15, 0.2) is 29.2 Å². The lowest BCUT2D eigenvalue weighted by Gasteiger charge is -2.26. The molecule has 1 unspecified atom stereocenters. The molecule has 116 valence electrons. The van der Waals surface area contributed by atoms with Crippen molar-refractivity contribution in [1.82, 2.24) is 5.32 Å². The molecule has 1 fully saturated rings. The van der Waals surface area contributed by atoms with Gasteiger partial charge in [-0.3, -0.25) is 4.79 Å². The Balaban J connectivity index is 2.12. The van der Waals surface area contributed by atoms with E-state index in [0.29, 0.717) is 12.2 Å². The average Bonchev–Trinajstić information content (AvgIpc) is 2.89. The quantitative estimate of drug-likeness (QED) is 0.870. The minimum atomic E-state index is -3.21. The lowest BCUT2D eigenvalue weighted by atomic mass is 9.81. The van der Waals surface area contributed by atoms with Gasteiger partial charge in [-0.2, -0.15) is 0 Å². The van der Waals surface area contributed by atoms with E-state index in [1.165, 1.54) is 18.4 Å². The summed E-state index contributed by atoms with van der Waals surface area (Å²) in [7, 11) is -3.21. The highest BCUT2D eigenvalue weighted by molar-refractivity contribution is 7.90. The predicted octanol–water partition coefficient (Wildman–Crippen LogP) is 1.81. The Morgan fingerprint density at radius 1 is 1.33 bits per heavy atom. The smallest absolute Gasteiger partial charge is 0.231 e. The van der Waals surface area contributed by atoms with Crippen molar-refractivity contribution in [3.8, 4) is 0 Å². The van der Waals surface area contributed by atoms with Crippen LogP contribution >= 0.6 is 0 Å². The molecular formula is C15H22N2O3S. The molecule has 1 aromatic rings. The van der Waals surface area contributed by atoms with Gasteiger partial charge < -0.3 is 10.6 Å². The molecule has 1 aromatic carbocycles. The Morgan fingerprint density at radius 3 is 2.48 bits per heavy atom. The molecule has 1 atom stereocenters. The molecule has 0 saturated carbocycles. The van der Waals surface area contributed by atoms with Gasteiger partial charge in [-0.05, 0) is 43.7 Å². The summed E-state index contributed by atoms with van der Waals surface area (Å²) in [5.41, 5.74) is 0.291. The molecule has 1 aliphatic heterocycles. The fourth-order valence-electron chi connectivity index (χ4n) is 2.79. The lowest BCUT2D eigenvalue weighted by Crippen LogP contribution is -2.38. The third-order valence-corrected chi connectivity index (χ3v) is 5.12. The minimum absolute atomic E-state index is 0.0152. The maximum atomic E-state index is 12.5. The summed E-state index contributed by atoms with van der Waals surface area (Å²) >= 11 is 0. The molecule has 1 amide bonds. The van der Waals surface area contributed by atoms with Crippen LogP contribution in [-0.4, -0.2) is 33.7 Å². The van der Waals surface area contributed by atoms with Crippen molar-refractivity contribution >= 4 is 21.4 Å². The van der Waals surface area contributed by atoms with E-state index in [1.807, 2.05) is 0 Å². The first kappa shape index (κ1) is 16.0. The summed E-state index contributed by atoms with van der Waals surface area (Å²) < 4.78 is 22.8. The van der Waals surface area contributed by atoms with Crippen molar-refractivity contribution in [2.45, 2.75) is 31.1 Å². The van der Waals surface area contributed by atoms with Crippen molar-refractivity contribution in [1.29, 1.82) is 0 Å². The standard InChI is InChI=1S/C15H22N2O3S/c1-3-8-15(9-10-16-11-15)14(18)17-12-4-6-13(7-5-12)21(2,19)20/h4-7,16H,3,8-11H2,1-2H3,(H,17,18). The van der Waals surface area contributed by atoms with Gasteiger partial charge in [0.1, 0.15) is 0 Å². The molecule has 5 nitrogen and oxygen atoms in total. The molecule has 0 radical (unpaired) electrons. The van der Waals surface area contributed by atoms with Gasteiger partial charge in [-0.1, -0.05) is 13.3 Å². The number of sulfone groups is 1. The zero-order chi connectivity index (χ0) is 15.5. The number of benzene rings is 1. The van der Waals surface area contributed by atoms with Crippen LogP contribution in [0.25, 0.3) is 0 Å². The second-order valence-electron chi connectivity index (χ2n) is 5.71. The molecule has 1 saturated heterocycles. The van der Waals surface area contributed by atoms with Crippen LogP contribution in [0.3, 0.4) is 0 Å². The molecule has 1 heterocycles. The van der Waals surface area contributed by atoms with E-state index in [9.17, 15) is 13.2 Å². The molecule has 21 heavy (non-hydrogen) atoms. The first-order valence-electron chi connectivity index (χ1n) is 7.20. The van der Waals surface area contributed by atoms with Gasteiger partial charge in [0.25, 0.3) is 0 Å². The number of carbonyl (C=O) groups excluding carboxylic acids is 1. The Kier molecular flexibility index (Phi) is 4.68. The second-order valence-corrected chi connectivity index (χ2v) is 7.72. The van der Waals surface area contributed by atoms with Crippen LogP contribution in [0.1, 0.15) is 26.2 Å². The van der Waals surface area contributed by atoms with E-state index in [0.717, 1.165) is 25.8 Å². The first-order chi connectivity index (χ1) is 9.87. The lowest BCUT2D eigenvalue weighted by molar-refractivity contribution is -0.125. The summed E-state index contributed by atoms with van der Waals surface area (Å²) in [5.74, 6) is 0.0152. The van der Waals surface area contributed by atoms with E-state index in [4.69, 9.17) is 0 Å². The van der Waals surface area contributed by atoms with E-state index in [-0.39, 0.29) is 16.2 Å². The maximum absolute atomic E-state index is 12.5. The van der Waals surface area contributed by atoms with E-state index in [2.05, 4.69) is 17.6 Å². The highest BCUT2D eigenvalue weighted by Gasteiger charge is 2.40. The number of amides is 1. The molecule has 1 aliphatic rings. The number of hydrogen-bond acceptors (Lipinski definition) is 4. The zero-order valence-corrected chi connectivity index (χ0v) is 13.3. The summed E-state index contributed by atoms with van der Waals surface area (Å²) in [4.78, 5) is 12.8. The van der Waals surface area contributed by atoms with Crippen molar-refractivity contribution in [2.24, 2.45) is 5.41 Å². The SMILES string of the molecule is CCCC1(C(=O)Nc2ccc(S(C)(=O)=O)cc2)CCNC1. The van der Waals surface area contributed by atoms with E-state index >= 15 is 0 Å². The minimum Gasteiger partial charge on any atom is -0.326 e. The van der Waals surface area contributed by atoms with Gasteiger partial charge in [-0.25, -0.2) is 8.42 Å². The molecule has 0 spiro atoms. The zero-order valence-electron chi connectivity index (χ0n) is 12.5. The van der Waals surface area contributed by atoms with Crippen LogP contribution in [0.5, 0.6) is 0 Å². The topological polar surface area (TPSA) is 75.3 Å². The fourth-order valence-corrected chi connectivity index (χ4v) is 3.42. The second kappa shape index (κ2) is 6.15. The molecule has 2 N–H and O–H groups in total. The summed E-state index contributed by atoms with van der Waals surface area (Å²) in [6.07, 6.45) is 3.82. The van der Waals surface area contributed by atoms with Gasteiger partial charge in [0.05, 0.1) is 10.3 Å². The number of hydrogen-bond donors (Lipinski definition) is 2. The van der Waals surface area contributed by atoms with E-state index < -0.39 is 9.84 Å². The number of carbonyl (C=O) groups is 1. The van der Waals surface area contributed by atoms with Gasteiger partial charge in [0.15, 0.2) is 9.84 Å². The molecular weight excluding hydrogens is 288 g/mol. The van der Waals surface area contributed by atoms with Crippen molar-refractivity contribution in [2.75, 3.05) is 24.7 Å². The predicted molar refractivity (Wildman–Crippen MR) is 83.0 cm³/mol. The maximum Gasteiger partial charge on any atom is 0.231 e. The van der Waals surface area contributed by atoms with Gasteiger partial charge >= 0.3 is 0 Å². The van der Waals surface area contributed by atoms with Crippen molar-refractivity contribution in [3.63, 3.8) is 0 Å². The Hall–Kier alpha value is -1.40. The van der Waals surface area contributed by atoms with Crippen LogP contribution in [0.2, 0.25) is 0 Å².